The number of benzene rings is 2. The van der Waals surface area contributed by atoms with Gasteiger partial charge in [0.15, 0.2) is 0 Å². The van der Waals surface area contributed by atoms with Crippen molar-refractivity contribution in [3.05, 3.63) is 65.2 Å². The molecule has 1 atom stereocenters. The lowest BCUT2D eigenvalue weighted by molar-refractivity contribution is -0.872. The van der Waals surface area contributed by atoms with Crippen LogP contribution >= 0.6 is 0 Å². The average Bonchev–Trinajstić information content (AvgIpc) is 2.71. The summed E-state index contributed by atoms with van der Waals surface area (Å²) in [6, 6.07) is 14.4. The van der Waals surface area contributed by atoms with Crippen LogP contribution in [0.5, 0.6) is 5.75 Å². The zero-order valence-electron chi connectivity index (χ0n) is 18.6. The molecule has 30 heavy (non-hydrogen) atoms. The van der Waals surface area contributed by atoms with Gasteiger partial charge >= 0.3 is 0 Å². The Morgan fingerprint density at radius 1 is 1.00 bits per heavy atom. The van der Waals surface area contributed by atoms with Gasteiger partial charge in [-0.15, -0.1) is 0 Å². The highest BCUT2D eigenvalue weighted by Gasteiger charge is 2.24. The molecule has 6 nitrogen and oxygen atoms in total. The molecule has 0 aliphatic heterocycles. The summed E-state index contributed by atoms with van der Waals surface area (Å²) in [5.74, 6) is 0.211. The molecule has 2 rings (SSSR count). The molecule has 0 fully saturated rings. The van der Waals surface area contributed by atoms with Crippen molar-refractivity contribution < 1.29 is 19.2 Å². The van der Waals surface area contributed by atoms with E-state index >= 15 is 0 Å². The minimum Gasteiger partial charge on any atom is -0.494 e. The van der Waals surface area contributed by atoms with Crippen LogP contribution in [0.25, 0.3) is 0 Å². The molecule has 0 aliphatic carbocycles. The first-order valence-corrected chi connectivity index (χ1v) is 10.5. The van der Waals surface area contributed by atoms with E-state index in [9.17, 15) is 9.59 Å². The van der Waals surface area contributed by atoms with Crippen molar-refractivity contribution in [1.82, 2.24) is 10.6 Å². The molecular weight excluding hydrogens is 378 g/mol. The summed E-state index contributed by atoms with van der Waals surface area (Å²) < 4.78 is 5.41. The highest BCUT2D eigenvalue weighted by Crippen LogP contribution is 2.13. The van der Waals surface area contributed by atoms with Crippen LogP contribution in [0, 0.1) is 5.92 Å². The molecule has 2 aromatic rings. The molecule has 2 aromatic carbocycles. The molecule has 0 spiro atoms. The van der Waals surface area contributed by atoms with Crippen molar-refractivity contribution in [1.29, 1.82) is 0 Å². The van der Waals surface area contributed by atoms with Crippen LogP contribution in [0.4, 0.5) is 0 Å². The monoisotopic (exact) mass is 412 g/mol. The van der Waals surface area contributed by atoms with Crippen LogP contribution < -0.4 is 20.3 Å². The molecule has 0 saturated heterocycles. The van der Waals surface area contributed by atoms with E-state index in [0.717, 1.165) is 12.1 Å². The Labute approximate surface area is 179 Å². The first kappa shape index (κ1) is 23.4. The first-order chi connectivity index (χ1) is 14.3. The molecule has 3 N–H and O–H groups in total. The molecule has 162 valence electrons. The normalized spacial score (nSPS) is 12.0. The van der Waals surface area contributed by atoms with Gasteiger partial charge in [0.25, 0.3) is 5.91 Å². The third-order valence-corrected chi connectivity index (χ3v) is 4.78. The fourth-order valence-corrected chi connectivity index (χ4v) is 3.20. The number of hydrogen-bond acceptors (Lipinski definition) is 3. The lowest BCUT2D eigenvalue weighted by Gasteiger charge is -2.22. The predicted octanol–water partition coefficient (Wildman–Crippen LogP) is 1.80. The van der Waals surface area contributed by atoms with E-state index in [4.69, 9.17) is 4.74 Å². The second kappa shape index (κ2) is 11.4. The van der Waals surface area contributed by atoms with Crippen LogP contribution in [0.2, 0.25) is 0 Å². The Bertz CT molecular complexity index is 832. The molecule has 0 aliphatic rings. The second-order valence-corrected chi connectivity index (χ2v) is 8.02. The molecule has 0 radical (unpaired) electrons. The van der Waals surface area contributed by atoms with Gasteiger partial charge in [0.1, 0.15) is 18.3 Å². The van der Waals surface area contributed by atoms with Crippen LogP contribution in [-0.4, -0.2) is 38.6 Å². The maximum absolute atomic E-state index is 12.8. The van der Waals surface area contributed by atoms with Gasteiger partial charge in [0, 0.05) is 17.7 Å². The van der Waals surface area contributed by atoms with Gasteiger partial charge in [0.2, 0.25) is 5.91 Å². The van der Waals surface area contributed by atoms with Crippen molar-refractivity contribution >= 4 is 11.8 Å². The lowest BCUT2D eigenvalue weighted by Crippen LogP contribution is -3.04. The summed E-state index contributed by atoms with van der Waals surface area (Å²) in [5, 5.41) is 5.86. The molecular formula is C24H34N3O3+. The number of carbonyl (C=O) groups is 2. The topological polar surface area (TPSA) is 71.9 Å². The van der Waals surface area contributed by atoms with Crippen LogP contribution in [0.3, 0.4) is 0 Å². The van der Waals surface area contributed by atoms with Gasteiger partial charge in [0.05, 0.1) is 20.7 Å². The number of quaternary nitrogens is 1. The van der Waals surface area contributed by atoms with Crippen LogP contribution in [-0.2, 0) is 17.9 Å². The lowest BCUT2D eigenvalue weighted by atomic mass is 10.0. The third kappa shape index (κ3) is 6.88. The summed E-state index contributed by atoms with van der Waals surface area (Å²) in [6.45, 7) is 7.64. The largest absolute Gasteiger partial charge is 0.494 e. The van der Waals surface area contributed by atoms with E-state index in [1.807, 2.05) is 39.0 Å². The summed E-state index contributed by atoms with van der Waals surface area (Å²) >= 11 is 0. The molecule has 0 bridgehead atoms. The van der Waals surface area contributed by atoms with E-state index in [1.165, 1.54) is 10.5 Å². The fourth-order valence-electron chi connectivity index (χ4n) is 3.20. The predicted molar refractivity (Wildman–Crippen MR) is 119 cm³/mol. The fraction of sp³-hybridized carbons (Fsp3) is 0.417. The summed E-state index contributed by atoms with van der Waals surface area (Å²) in [6.07, 6.45) is 0. The summed E-state index contributed by atoms with van der Waals surface area (Å²) in [4.78, 5) is 26.8. The van der Waals surface area contributed by atoms with Crippen molar-refractivity contribution in [2.45, 2.75) is 39.9 Å². The van der Waals surface area contributed by atoms with Gasteiger partial charge in [-0.05, 0) is 42.7 Å². The Kier molecular flexibility index (Phi) is 8.87. The Morgan fingerprint density at radius 2 is 1.63 bits per heavy atom. The Balaban J connectivity index is 2.02. The average molecular weight is 413 g/mol. The number of hydrogen-bond donors (Lipinski definition) is 3. The van der Waals surface area contributed by atoms with E-state index in [-0.39, 0.29) is 17.7 Å². The SMILES string of the molecule is CCOc1ccc(C(=O)N[C@H](C(=O)NCc2ccccc2C[NH+](C)C)C(C)C)cc1. The van der Waals surface area contributed by atoms with E-state index in [1.54, 1.807) is 24.3 Å². The number of rotatable bonds is 10. The second-order valence-electron chi connectivity index (χ2n) is 8.02. The Morgan fingerprint density at radius 3 is 2.20 bits per heavy atom. The van der Waals surface area contributed by atoms with Gasteiger partial charge in [-0.2, -0.15) is 0 Å². The van der Waals surface area contributed by atoms with E-state index in [0.29, 0.717) is 24.5 Å². The van der Waals surface area contributed by atoms with Crippen LogP contribution in [0.1, 0.15) is 42.3 Å². The van der Waals surface area contributed by atoms with Crippen molar-refractivity contribution in [2.75, 3.05) is 20.7 Å². The molecule has 0 saturated carbocycles. The number of ether oxygens (including phenoxy) is 1. The molecule has 0 heterocycles. The standard InChI is InChI=1S/C24H33N3O3/c1-6-30-21-13-11-18(12-14-21)23(28)26-22(17(2)3)24(29)25-15-19-9-7-8-10-20(19)16-27(4)5/h7-14,17,22H,6,15-16H2,1-5H3,(H,25,29)(H,26,28)/p+1/t22-/m0/s1. The molecule has 0 aromatic heterocycles. The smallest absolute Gasteiger partial charge is 0.251 e. The highest BCUT2D eigenvalue weighted by molar-refractivity contribution is 5.97. The summed E-state index contributed by atoms with van der Waals surface area (Å²) in [5.41, 5.74) is 2.79. The number of carbonyl (C=O) groups excluding carboxylic acids is 2. The zero-order valence-corrected chi connectivity index (χ0v) is 18.6. The van der Waals surface area contributed by atoms with Crippen molar-refractivity contribution in [2.24, 2.45) is 5.92 Å². The van der Waals surface area contributed by atoms with Gasteiger partial charge < -0.3 is 20.3 Å². The zero-order chi connectivity index (χ0) is 22.1. The Hall–Kier alpha value is -2.86. The van der Waals surface area contributed by atoms with Gasteiger partial charge in [-0.3, -0.25) is 9.59 Å². The van der Waals surface area contributed by atoms with Crippen LogP contribution in [0.15, 0.2) is 48.5 Å². The maximum atomic E-state index is 12.8. The minimum atomic E-state index is -0.615. The minimum absolute atomic E-state index is 0.0434. The number of amides is 2. The van der Waals surface area contributed by atoms with Gasteiger partial charge in [-0.1, -0.05) is 38.1 Å². The van der Waals surface area contributed by atoms with Crippen molar-refractivity contribution in [3.8, 4) is 5.75 Å². The number of nitrogens with one attached hydrogen (secondary N) is 3. The maximum Gasteiger partial charge on any atom is 0.251 e. The van der Waals surface area contributed by atoms with E-state index < -0.39 is 6.04 Å². The first-order valence-electron chi connectivity index (χ1n) is 10.5. The van der Waals surface area contributed by atoms with E-state index in [2.05, 4.69) is 30.8 Å². The van der Waals surface area contributed by atoms with Crippen molar-refractivity contribution in [3.63, 3.8) is 0 Å². The van der Waals surface area contributed by atoms with Gasteiger partial charge in [-0.25, -0.2) is 0 Å². The quantitative estimate of drug-likeness (QED) is 0.557. The summed E-state index contributed by atoms with van der Waals surface area (Å²) in [7, 11) is 4.20. The third-order valence-electron chi connectivity index (χ3n) is 4.78. The highest BCUT2D eigenvalue weighted by atomic mass is 16.5. The molecule has 0 unspecified atom stereocenters. The molecule has 2 amide bonds. The molecule has 6 heteroatoms.